The van der Waals surface area contributed by atoms with Gasteiger partial charge in [-0.2, -0.15) is 5.26 Å². The fourth-order valence-electron chi connectivity index (χ4n) is 5.13. The topological polar surface area (TPSA) is 78.6 Å². The molecule has 0 amide bonds. The van der Waals surface area contributed by atoms with Crippen LogP contribution in [0, 0.1) is 11.3 Å². The van der Waals surface area contributed by atoms with Crippen LogP contribution in [0.2, 0.25) is 5.15 Å². The van der Waals surface area contributed by atoms with Crippen molar-refractivity contribution in [1.82, 2.24) is 9.88 Å². The van der Waals surface area contributed by atoms with Crippen molar-refractivity contribution in [3.63, 3.8) is 0 Å². The Morgan fingerprint density at radius 3 is 2.38 bits per heavy atom. The standard InChI is InChI=1S/C24H19ClN2O3.C3H9N/c1-29-22-21-19(13-20(25)27-22)30-24(17-9-7-15(14-26)8-10-17)18(11-12-23(21,24)28)16-5-3-2-4-6-16;1-4(2)3/h2-10,13,18,28H,11-12H2,1H3;1-3H3. The van der Waals surface area contributed by atoms with E-state index in [0.717, 1.165) is 11.1 Å². The van der Waals surface area contributed by atoms with Crippen molar-refractivity contribution >= 4 is 11.6 Å². The summed E-state index contributed by atoms with van der Waals surface area (Å²) in [6.07, 6.45) is 1.19. The molecule has 1 fully saturated rings. The predicted octanol–water partition coefficient (Wildman–Crippen LogP) is 4.85. The van der Waals surface area contributed by atoms with E-state index >= 15 is 0 Å². The molecule has 0 bridgehead atoms. The van der Waals surface area contributed by atoms with E-state index in [1.54, 1.807) is 18.2 Å². The zero-order valence-corrected chi connectivity index (χ0v) is 20.5. The molecular formula is C27H28ClN3O3. The van der Waals surface area contributed by atoms with Crippen molar-refractivity contribution in [3.8, 4) is 17.7 Å². The maximum atomic E-state index is 12.2. The molecule has 34 heavy (non-hydrogen) atoms. The number of benzene rings is 2. The van der Waals surface area contributed by atoms with Gasteiger partial charge in [-0.05, 0) is 57.2 Å². The van der Waals surface area contributed by atoms with E-state index in [4.69, 9.17) is 21.1 Å². The van der Waals surface area contributed by atoms with Crippen LogP contribution in [0.15, 0.2) is 60.7 Å². The van der Waals surface area contributed by atoms with E-state index in [1.165, 1.54) is 7.11 Å². The number of fused-ring (bicyclic) bond motifs is 3. The van der Waals surface area contributed by atoms with E-state index < -0.39 is 11.2 Å². The Morgan fingerprint density at radius 1 is 1.15 bits per heavy atom. The number of aromatic nitrogens is 1. The number of halogens is 1. The first kappa shape index (κ1) is 24.0. The Kier molecular flexibility index (Phi) is 6.55. The number of nitrogens with zero attached hydrogens (tertiary/aromatic N) is 3. The molecule has 1 aromatic heterocycles. The van der Waals surface area contributed by atoms with Gasteiger partial charge >= 0.3 is 0 Å². The van der Waals surface area contributed by atoms with Gasteiger partial charge in [0.05, 0.1) is 24.3 Å². The minimum absolute atomic E-state index is 0.118. The Labute approximate surface area is 205 Å². The van der Waals surface area contributed by atoms with Gasteiger partial charge in [0.2, 0.25) is 5.88 Å². The first-order valence-corrected chi connectivity index (χ1v) is 11.5. The quantitative estimate of drug-likeness (QED) is 0.543. The number of nitriles is 1. The Hall–Kier alpha value is -3.11. The lowest BCUT2D eigenvalue weighted by Crippen LogP contribution is -2.48. The van der Waals surface area contributed by atoms with Gasteiger partial charge in [-0.25, -0.2) is 4.98 Å². The van der Waals surface area contributed by atoms with Crippen LogP contribution in [0.4, 0.5) is 0 Å². The van der Waals surface area contributed by atoms with E-state index in [-0.39, 0.29) is 17.0 Å². The molecule has 2 heterocycles. The van der Waals surface area contributed by atoms with Crippen LogP contribution in [0.5, 0.6) is 11.6 Å². The van der Waals surface area contributed by atoms with Crippen molar-refractivity contribution in [3.05, 3.63) is 88.1 Å². The van der Waals surface area contributed by atoms with Crippen LogP contribution < -0.4 is 9.47 Å². The van der Waals surface area contributed by atoms with Gasteiger partial charge in [0, 0.05) is 12.0 Å². The molecule has 1 N–H and O–H groups in total. The van der Waals surface area contributed by atoms with Crippen molar-refractivity contribution < 1.29 is 14.6 Å². The van der Waals surface area contributed by atoms with Crippen molar-refractivity contribution in [2.24, 2.45) is 0 Å². The summed E-state index contributed by atoms with van der Waals surface area (Å²) in [5.74, 6) is 0.621. The normalized spacial score (nSPS) is 24.4. The molecule has 5 rings (SSSR count). The Balaban J connectivity index is 0.000000636. The highest BCUT2D eigenvalue weighted by molar-refractivity contribution is 6.29. The lowest BCUT2D eigenvalue weighted by Gasteiger charge is -2.40. The number of methoxy groups -OCH3 is 1. The number of rotatable bonds is 3. The maximum absolute atomic E-state index is 12.2. The number of aliphatic hydroxyl groups is 1. The third-order valence-electron chi connectivity index (χ3n) is 6.34. The minimum Gasteiger partial charge on any atom is -0.481 e. The van der Waals surface area contributed by atoms with Gasteiger partial charge in [-0.3, -0.25) is 0 Å². The number of hydrogen-bond donors (Lipinski definition) is 1. The summed E-state index contributed by atoms with van der Waals surface area (Å²) in [6, 6.07) is 21.0. The third kappa shape index (κ3) is 3.80. The first-order chi connectivity index (χ1) is 16.3. The number of hydrogen-bond acceptors (Lipinski definition) is 6. The molecule has 0 saturated heterocycles. The van der Waals surface area contributed by atoms with Gasteiger partial charge in [-0.1, -0.05) is 54.1 Å². The molecule has 1 saturated carbocycles. The molecule has 1 aliphatic carbocycles. The molecule has 3 aromatic rings. The van der Waals surface area contributed by atoms with Crippen LogP contribution in [0.1, 0.15) is 41.0 Å². The fraction of sp³-hybridized carbons (Fsp3) is 0.333. The fourth-order valence-corrected chi connectivity index (χ4v) is 5.30. The second-order valence-corrected chi connectivity index (χ2v) is 9.45. The monoisotopic (exact) mass is 477 g/mol. The highest BCUT2D eigenvalue weighted by atomic mass is 35.5. The van der Waals surface area contributed by atoms with Gasteiger partial charge in [0.1, 0.15) is 16.5 Å². The minimum atomic E-state index is -1.36. The summed E-state index contributed by atoms with van der Waals surface area (Å²) < 4.78 is 12.1. The summed E-state index contributed by atoms with van der Waals surface area (Å²) in [5.41, 5.74) is 0.487. The molecule has 2 aliphatic rings. The van der Waals surface area contributed by atoms with E-state index in [2.05, 4.69) is 23.2 Å². The second kappa shape index (κ2) is 9.27. The van der Waals surface area contributed by atoms with Gasteiger partial charge in [-0.15, -0.1) is 0 Å². The summed E-state index contributed by atoms with van der Waals surface area (Å²) in [4.78, 5) is 6.28. The van der Waals surface area contributed by atoms with Crippen LogP contribution in [0.3, 0.4) is 0 Å². The molecule has 2 aromatic carbocycles. The molecule has 0 radical (unpaired) electrons. The smallest absolute Gasteiger partial charge is 0.224 e. The van der Waals surface area contributed by atoms with Gasteiger partial charge < -0.3 is 19.5 Å². The molecule has 176 valence electrons. The molecule has 7 heteroatoms. The first-order valence-electron chi connectivity index (χ1n) is 11.1. The zero-order valence-electron chi connectivity index (χ0n) is 19.7. The van der Waals surface area contributed by atoms with Crippen molar-refractivity contribution in [1.29, 1.82) is 5.26 Å². The maximum Gasteiger partial charge on any atom is 0.224 e. The van der Waals surface area contributed by atoms with Crippen molar-refractivity contribution in [2.75, 3.05) is 28.3 Å². The van der Waals surface area contributed by atoms with Crippen LogP contribution in [-0.4, -0.2) is 43.2 Å². The molecular weight excluding hydrogens is 450 g/mol. The highest BCUT2D eigenvalue weighted by Gasteiger charge is 2.69. The SMILES string of the molecule is CN(C)C.COc1nc(Cl)cc2c1C1(O)CCC(c3ccccc3)C1(c1ccc(C#N)cc1)O2. The average Bonchev–Trinajstić information content (AvgIpc) is 3.25. The largest absolute Gasteiger partial charge is 0.481 e. The lowest BCUT2D eigenvalue weighted by atomic mass is 9.72. The van der Waals surface area contributed by atoms with Crippen LogP contribution >= 0.6 is 11.6 Å². The van der Waals surface area contributed by atoms with Gasteiger partial charge in [0.25, 0.3) is 0 Å². The average molecular weight is 478 g/mol. The Morgan fingerprint density at radius 2 is 1.79 bits per heavy atom. The number of pyridine rings is 1. The van der Waals surface area contributed by atoms with E-state index in [9.17, 15) is 10.4 Å². The zero-order chi connectivity index (χ0) is 24.5. The molecule has 3 unspecified atom stereocenters. The molecule has 1 aliphatic heterocycles. The Bertz CT molecular complexity index is 1210. The lowest BCUT2D eigenvalue weighted by molar-refractivity contribution is -0.106. The van der Waals surface area contributed by atoms with E-state index in [1.807, 2.05) is 56.4 Å². The number of ether oxygens (including phenoxy) is 2. The summed E-state index contributed by atoms with van der Waals surface area (Å²) in [5, 5.41) is 21.7. The van der Waals surface area contributed by atoms with Gasteiger partial charge in [0.15, 0.2) is 5.60 Å². The molecule has 3 atom stereocenters. The second-order valence-electron chi connectivity index (χ2n) is 9.06. The van der Waals surface area contributed by atoms with Crippen LogP contribution in [-0.2, 0) is 11.2 Å². The molecule has 0 spiro atoms. The van der Waals surface area contributed by atoms with Crippen molar-refractivity contribution in [2.45, 2.75) is 30.0 Å². The highest BCUT2D eigenvalue weighted by Crippen LogP contribution is 2.68. The molecule has 6 nitrogen and oxygen atoms in total. The predicted molar refractivity (Wildman–Crippen MR) is 131 cm³/mol. The summed E-state index contributed by atoms with van der Waals surface area (Å²) in [6.45, 7) is 0. The summed E-state index contributed by atoms with van der Waals surface area (Å²) >= 11 is 6.20. The van der Waals surface area contributed by atoms with E-state index in [0.29, 0.717) is 29.7 Å². The summed E-state index contributed by atoms with van der Waals surface area (Å²) in [7, 11) is 7.51. The van der Waals surface area contributed by atoms with Crippen LogP contribution in [0.25, 0.3) is 0 Å². The third-order valence-corrected chi connectivity index (χ3v) is 6.54.